The van der Waals surface area contributed by atoms with Gasteiger partial charge in [0.2, 0.25) is 10.0 Å². The molecule has 0 aliphatic carbocycles. The molecule has 2 aliphatic heterocycles. The summed E-state index contributed by atoms with van der Waals surface area (Å²) in [5, 5.41) is -0.319. The second-order valence-corrected chi connectivity index (χ2v) is 7.76. The van der Waals surface area contributed by atoms with Crippen molar-refractivity contribution < 1.29 is 13.2 Å². The van der Waals surface area contributed by atoms with Crippen molar-refractivity contribution in [3.05, 3.63) is 30.1 Å². The maximum atomic E-state index is 12.3. The van der Waals surface area contributed by atoms with Gasteiger partial charge in [-0.05, 0) is 24.1 Å². The molecule has 3 rings (SSSR count). The molecule has 0 unspecified atom stereocenters. The average molecular weight is 311 g/mol. The molecule has 0 N–H and O–H groups in total. The van der Waals surface area contributed by atoms with Gasteiger partial charge in [0.1, 0.15) is 5.25 Å². The standard InChI is InChI=1S/C14H21N3O3S/c18-21(19,14-11-20-12-14)17-9-7-16(8-10-17)6-3-13-1-4-15-5-2-13/h1-2,4-5,14H,3,6-12H2. The molecule has 0 atom stereocenters. The zero-order valence-corrected chi connectivity index (χ0v) is 12.8. The first-order valence-electron chi connectivity index (χ1n) is 7.34. The summed E-state index contributed by atoms with van der Waals surface area (Å²) in [7, 11) is -3.14. The van der Waals surface area contributed by atoms with Gasteiger partial charge in [-0.2, -0.15) is 4.31 Å². The summed E-state index contributed by atoms with van der Waals surface area (Å²) in [6.45, 7) is 4.46. The van der Waals surface area contributed by atoms with E-state index in [1.54, 1.807) is 16.7 Å². The molecule has 0 aromatic carbocycles. The summed E-state index contributed by atoms with van der Waals surface area (Å²) in [4.78, 5) is 6.33. The van der Waals surface area contributed by atoms with Crippen LogP contribution >= 0.6 is 0 Å². The van der Waals surface area contributed by atoms with E-state index < -0.39 is 10.0 Å². The van der Waals surface area contributed by atoms with Gasteiger partial charge in [-0.1, -0.05) is 0 Å². The van der Waals surface area contributed by atoms with Crippen molar-refractivity contribution in [3.8, 4) is 0 Å². The summed E-state index contributed by atoms with van der Waals surface area (Å²) >= 11 is 0. The van der Waals surface area contributed by atoms with E-state index in [0.29, 0.717) is 26.3 Å². The molecular formula is C14H21N3O3S. The maximum absolute atomic E-state index is 12.3. The largest absolute Gasteiger partial charge is 0.378 e. The summed E-state index contributed by atoms with van der Waals surface area (Å²) in [5.41, 5.74) is 1.27. The molecule has 0 radical (unpaired) electrons. The van der Waals surface area contributed by atoms with Crippen LogP contribution in [0.2, 0.25) is 0 Å². The highest BCUT2D eigenvalue weighted by molar-refractivity contribution is 7.89. The van der Waals surface area contributed by atoms with Gasteiger partial charge in [-0.25, -0.2) is 8.42 Å². The lowest BCUT2D eigenvalue weighted by atomic mass is 10.2. The number of aromatic nitrogens is 1. The van der Waals surface area contributed by atoms with Crippen molar-refractivity contribution in [2.75, 3.05) is 45.9 Å². The fraction of sp³-hybridized carbons (Fsp3) is 0.643. The Balaban J connectivity index is 1.47. The van der Waals surface area contributed by atoms with Crippen LogP contribution in [0.25, 0.3) is 0 Å². The van der Waals surface area contributed by atoms with Crippen LogP contribution in [0.15, 0.2) is 24.5 Å². The van der Waals surface area contributed by atoms with E-state index in [1.807, 2.05) is 12.1 Å². The van der Waals surface area contributed by atoms with E-state index >= 15 is 0 Å². The molecule has 0 saturated carbocycles. The van der Waals surface area contributed by atoms with E-state index in [9.17, 15) is 8.42 Å². The normalized spacial score (nSPS) is 22.1. The third-order valence-corrected chi connectivity index (χ3v) is 6.39. The Kier molecular flexibility index (Phi) is 4.54. The summed E-state index contributed by atoms with van der Waals surface area (Å²) in [6, 6.07) is 4.05. The van der Waals surface area contributed by atoms with Gasteiger partial charge in [-0.3, -0.25) is 4.98 Å². The minimum absolute atomic E-state index is 0.319. The molecule has 7 heteroatoms. The zero-order valence-electron chi connectivity index (χ0n) is 12.0. The molecule has 6 nitrogen and oxygen atoms in total. The Morgan fingerprint density at radius 1 is 1.14 bits per heavy atom. The Bertz CT molecular complexity index is 552. The Hall–Kier alpha value is -1.02. The molecule has 0 amide bonds. The van der Waals surface area contributed by atoms with Crippen LogP contribution in [0.5, 0.6) is 0 Å². The first-order valence-corrected chi connectivity index (χ1v) is 8.84. The third-order valence-electron chi connectivity index (χ3n) is 4.19. The number of hydrogen-bond donors (Lipinski definition) is 0. The van der Waals surface area contributed by atoms with Crippen LogP contribution in [-0.2, 0) is 21.2 Å². The zero-order chi connectivity index (χ0) is 14.7. The molecule has 1 aromatic rings. The number of sulfonamides is 1. The lowest BCUT2D eigenvalue weighted by molar-refractivity contribution is 0.0382. The van der Waals surface area contributed by atoms with E-state index in [4.69, 9.17) is 4.74 Å². The molecule has 2 aliphatic rings. The van der Waals surface area contributed by atoms with E-state index in [1.165, 1.54) is 5.56 Å². The number of pyridine rings is 1. The Labute approximate surface area is 125 Å². The lowest BCUT2D eigenvalue weighted by Crippen LogP contribution is -2.55. The fourth-order valence-electron chi connectivity index (χ4n) is 2.64. The summed E-state index contributed by atoms with van der Waals surface area (Å²) in [6.07, 6.45) is 4.59. The molecule has 0 bridgehead atoms. The highest BCUT2D eigenvalue weighted by Crippen LogP contribution is 2.18. The first kappa shape index (κ1) is 14.9. The van der Waals surface area contributed by atoms with Gasteiger partial charge >= 0.3 is 0 Å². The van der Waals surface area contributed by atoms with Crippen LogP contribution in [0.4, 0.5) is 0 Å². The van der Waals surface area contributed by atoms with Crippen molar-refractivity contribution in [1.29, 1.82) is 0 Å². The summed E-state index contributed by atoms with van der Waals surface area (Å²) < 4.78 is 31.2. The third kappa shape index (κ3) is 3.42. The highest BCUT2D eigenvalue weighted by Gasteiger charge is 2.38. The molecule has 1 aromatic heterocycles. The molecule has 2 saturated heterocycles. The predicted octanol–water partition coefficient (Wildman–Crippen LogP) is -0.0297. The van der Waals surface area contributed by atoms with Crippen LogP contribution in [0.3, 0.4) is 0 Å². The molecular weight excluding hydrogens is 290 g/mol. The Morgan fingerprint density at radius 2 is 1.81 bits per heavy atom. The van der Waals surface area contributed by atoms with Crippen LogP contribution in [0, 0.1) is 0 Å². The Morgan fingerprint density at radius 3 is 2.38 bits per heavy atom. The lowest BCUT2D eigenvalue weighted by Gasteiger charge is -2.37. The van der Waals surface area contributed by atoms with Gasteiger partial charge in [-0.15, -0.1) is 0 Å². The minimum Gasteiger partial charge on any atom is -0.378 e. The first-order chi connectivity index (χ1) is 10.2. The number of hydrogen-bond acceptors (Lipinski definition) is 5. The highest BCUT2D eigenvalue weighted by atomic mass is 32.2. The van der Waals surface area contributed by atoms with E-state index in [-0.39, 0.29) is 5.25 Å². The van der Waals surface area contributed by atoms with Gasteiger partial charge in [0.25, 0.3) is 0 Å². The summed E-state index contributed by atoms with van der Waals surface area (Å²) in [5.74, 6) is 0. The monoisotopic (exact) mass is 311 g/mol. The predicted molar refractivity (Wildman–Crippen MR) is 79.5 cm³/mol. The van der Waals surface area contributed by atoms with Crippen molar-refractivity contribution in [3.63, 3.8) is 0 Å². The second-order valence-electron chi connectivity index (χ2n) is 5.55. The minimum atomic E-state index is -3.14. The SMILES string of the molecule is O=S(=O)(C1COC1)N1CCN(CCc2ccncc2)CC1. The average Bonchev–Trinajstić information content (AvgIpc) is 2.44. The maximum Gasteiger partial charge on any atom is 0.221 e. The number of ether oxygens (including phenoxy) is 1. The second kappa shape index (κ2) is 6.39. The van der Waals surface area contributed by atoms with E-state index in [2.05, 4.69) is 9.88 Å². The molecule has 116 valence electrons. The topological polar surface area (TPSA) is 62.7 Å². The van der Waals surface area contributed by atoms with Crippen molar-refractivity contribution >= 4 is 10.0 Å². The molecule has 2 fully saturated rings. The number of nitrogens with zero attached hydrogens (tertiary/aromatic N) is 3. The molecule has 3 heterocycles. The number of piperazine rings is 1. The van der Waals surface area contributed by atoms with Crippen molar-refractivity contribution in [1.82, 2.24) is 14.2 Å². The quantitative estimate of drug-likeness (QED) is 0.764. The molecule has 0 spiro atoms. The fourth-order valence-corrected chi connectivity index (χ4v) is 4.27. The smallest absolute Gasteiger partial charge is 0.221 e. The van der Waals surface area contributed by atoms with Gasteiger partial charge in [0.05, 0.1) is 13.2 Å². The van der Waals surface area contributed by atoms with E-state index in [0.717, 1.165) is 26.1 Å². The van der Waals surface area contributed by atoms with Crippen LogP contribution in [0.1, 0.15) is 5.56 Å². The van der Waals surface area contributed by atoms with Crippen LogP contribution in [-0.4, -0.2) is 73.8 Å². The molecule has 21 heavy (non-hydrogen) atoms. The van der Waals surface area contributed by atoms with Gasteiger partial charge in [0, 0.05) is 45.1 Å². The van der Waals surface area contributed by atoms with Crippen LogP contribution < -0.4 is 0 Å². The van der Waals surface area contributed by atoms with Gasteiger partial charge < -0.3 is 9.64 Å². The van der Waals surface area contributed by atoms with Crippen molar-refractivity contribution in [2.45, 2.75) is 11.7 Å². The van der Waals surface area contributed by atoms with Gasteiger partial charge in [0.15, 0.2) is 0 Å². The number of rotatable bonds is 5. The van der Waals surface area contributed by atoms with Crippen molar-refractivity contribution in [2.24, 2.45) is 0 Å².